The van der Waals surface area contributed by atoms with Gasteiger partial charge in [0.05, 0.1) is 16.8 Å². The molecule has 172 valence electrons. The monoisotopic (exact) mass is 456 g/mol. The molecule has 3 aromatic carbocycles. The number of fused-ring (bicyclic) bond motifs is 1. The van der Waals surface area contributed by atoms with Crippen LogP contribution in [0.4, 0.5) is 11.4 Å². The van der Waals surface area contributed by atoms with E-state index in [4.69, 9.17) is 9.84 Å². The fraction of sp³-hybridized carbons (Fsp3) is 0.148. The lowest BCUT2D eigenvalue weighted by atomic mass is 10.0. The van der Waals surface area contributed by atoms with Crippen LogP contribution < -0.4 is 15.4 Å². The van der Waals surface area contributed by atoms with Crippen molar-refractivity contribution in [2.45, 2.75) is 19.8 Å². The number of para-hydroxylation sites is 1. The normalized spacial score (nSPS) is 12.1. The zero-order valence-corrected chi connectivity index (χ0v) is 18.6. The molecule has 0 atom stereocenters. The van der Waals surface area contributed by atoms with Crippen molar-refractivity contribution in [3.63, 3.8) is 0 Å². The van der Waals surface area contributed by atoms with Crippen LogP contribution >= 0.6 is 0 Å². The number of carbonyl (C=O) groups is 3. The molecule has 0 bridgehead atoms. The average Bonchev–Trinajstić information content (AvgIpc) is 2.83. The standard InChI is InChI=1S/C27H24N2O5/c1-17-6-4-11-24-22(17)15-19(16-34-24)26(32)29-23-10-3-2-9-21(23)27(33)28-20-8-5-7-18(14-20)12-13-25(30)31/h2-11,14-15H,12-13,16H2,1H3,(H,28,33)(H,29,32)(H,30,31). The number of hydrogen-bond donors (Lipinski definition) is 3. The van der Waals surface area contributed by atoms with Crippen LogP contribution in [0.3, 0.4) is 0 Å². The predicted octanol–water partition coefficient (Wildman–Crippen LogP) is 4.68. The van der Waals surface area contributed by atoms with Crippen LogP contribution in [0.15, 0.2) is 72.3 Å². The summed E-state index contributed by atoms with van der Waals surface area (Å²) < 4.78 is 5.73. The molecule has 0 saturated carbocycles. The topological polar surface area (TPSA) is 105 Å². The predicted molar refractivity (Wildman–Crippen MR) is 130 cm³/mol. The highest BCUT2D eigenvalue weighted by Crippen LogP contribution is 2.29. The number of ether oxygens (including phenoxy) is 1. The zero-order valence-electron chi connectivity index (χ0n) is 18.6. The van der Waals surface area contributed by atoms with Gasteiger partial charge in [-0.3, -0.25) is 14.4 Å². The number of aliphatic carboxylic acids is 1. The first-order valence-electron chi connectivity index (χ1n) is 10.9. The Balaban J connectivity index is 1.50. The minimum Gasteiger partial charge on any atom is -0.488 e. The van der Waals surface area contributed by atoms with E-state index in [2.05, 4.69) is 10.6 Å². The first kappa shape index (κ1) is 22.8. The Kier molecular flexibility index (Phi) is 6.73. The number of carbonyl (C=O) groups excluding carboxylic acids is 2. The molecule has 0 saturated heterocycles. The van der Waals surface area contributed by atoms with E-state index >= 15 is 0 Å². The highest BCUT2D eigenvalue weighted by Gasteiger charge is 2.20. The maximum absolute atomic E-state index is 13.0. The Morgan fingerprint density at radius 3 is 2.56 bits per heavy atom. The van der Waals surface area contributed by atoms with Crippen molar-refractivity contribution in [2.75, 3.05) is 17.2 Å². The molecule has 0 spiro atoms. The molecule has 3 aromatic rings. The molecule has 1 aliphatic rings. The molecule has 7 nitrogen and oxygen atoms in total. The van der Waals surface area contributed by atoms with E-state index in [0.717, 1.165) is 22.4 Å². The lowest BCUT2D eigenvalue weighted by molar-refractivity contribution is -0.137. The van der Waals surface area contributed by atoms with Crippen molar-refractivity contribution in [3.05, 3.63) is 94.6 Å². The number of nitrogens with one attached hydrogen (secondary N) is 2. The van der Waals surface area contributed by atoms with Crippen molar-refractivity contribution in [1.29, 1.82) is 0 Å². The van der Waals surface area contributed by atoms with E-state index in [1.165, 1.54) is 0 Å². The maximum atomic E-state index is 13.0. The van der Waals surface area contributed by atoms with Gasteiger partial charge in [-0.15, -0.1) is 0 Å². The molecule has 7 heteroatoms. The van der Waals surface area contributed by atoms with E-state index in [-0.39, 0.29) is 24.8 Å². The number of carboxylic acid groups (broad SMARTS) is 1. The van der Waals surface area contributed by atoms with Gasteiger partial charge in [0.15, 0.2) is 0 Å². The number of carboxylic acids is 1. The van der Waals surface area contributed by atoms with Crippen molar-refractivity contribution in [3.8, 4) is 5.75 Å². The zero-order chi connectivity index (χ0) is 24.1. The number of rotatable bonds is 7. The van der Waals surface area contributed by atoms with E-state index in [1.54, 1.807) is 42.5 Å². The fourth-order valence-corrected chi connectivity index (χ4v) is 3.71. The third-order valence-corrected chi connectivity index (χ3v) is 5.51. The molecule has 1 aliphatic heterocycles. The Hall–Kier alpha value is -4.39. The summed E-state index contributed by atoms with van der Waals surface area (Å²) in [6.45, 7) is 2.09. The lowest BCUT2D eigenvalue weighted by Gasteiger charge is -2.19. The molecular weight excluding hydrogens is 432 g/mol. The molecule has 4 rings (SSSR count). The molecule has 0 fully saturated rings. The summed E-state index contributed by atoms with van der Waals surface area (Å²) >= 11 is 0. The second-order valence-corrected chi connectivity index (χ2v) is 7.99. The summed E-state index contributed by atoms with van der Waals surface area (Å²) in [6.07, 6.45) is 2.19. The number of anilines is 2. The Labute approximate surface area is 197 Å². The van der Waals surface area contributed by atoms with Gasteiger partial charge in [-0.1, -0.05) is 36.4 Å². The van der Waals surface area contributed by atoms with Crippen molar-refractivity contribution >= 4 is 35.2 Å². The molecule has 0 aliphatic carbocycles. The maximum Gasteiger partial charge on any atom is 0.303 e. The Bertz CT molecular complexity index is 1300. The van der Waals surface area contributed by atoms with Gasteiger partial charge in [0, 0.05) is 17.7 Å². The quantitative estimate of drug-likeness (QED) is 0.479. The molecule has 0 unspecified atom stereocenters. The van der Waals surface area contributed by atoms with Crippen LogP contribution in [0.2, 0.25) is 0 Å². The minimum atomic E-state index is -0.878. The summed E-state index contributed by atoms with van der Waals surface area (Å²) in [4.78, 5) is 36.8. The molecule has 1 heterocycles. The van der Waals surface area contributed by atoms with Gasteiger partial charge >= 0.3 is 5.97 Å². The van der Waals surface area contributed by atoms with Crippen LogP contribution in [0.5, 0.6) is 5.75 Å². The Morgan fingerprint density at radius 1 is 0.941 bits per heavy atom. The highest BCUT2D eigenvalue weighted by atomic mass is 16.5. The number of hydrogen-bond acceptors (Lipinski definition) is 4. The van der Waals surface area contributed by atoms with Crippen molar-refractivity contribution < 1.29 is 24.2 Å². The highest BCUT2D eigenvalue weighted by molar-refractivity contribution is 6.13. The number of aryl methyl sites for hydroxylation is 2. The molecule has 2 amide bonds. The Morgan fingerprint density at radius 2 is 1.74 bits per heavy atom. The first-order chi connectivity index (χ1) is 16.4. The van der Waals surface area contributed by atoms with Gasteiger partial charge in [0.25, 0.3) is 11.8 Å². The fourth-order valence-electron chi connectivity index (χ4n) is 3.71. The van der Waals surface area contributed by atoms with Crippen LogP contribution in [0.25, 0.3) is 6.08 Å². The second-order valence-electron chi connectivity index (χ2n) is 7.99. The van der Waals surface area contributed by atoms with Crippen LogP contribution in [0.1, 0.15) is 33.5 Å². The molecule has 0 radical (unpaired) electrons. The third kappa shape index (κ3) is 5.32. The van der Waals surface area contributed by atoms with Gasteiger partial charge in [0.2, 0.25) is 0 Å². The van der Waals surface area contributed by atoms with Crippen molar-refractivity contribution in [2.24, 2.45) is 0 Å². The van der Waals surface area contributed by atoms with Crippen LogP contribution in [-0.4, -0.2) is 29.5 Å². The third-order valence-electron chi connectivity index (χ3n) is 5.51. The largest absolute Gasteiger partial charge is 0.488 e. The average molecular weight is 456 g/mol. The minimum absolute atomic E-state index is 0.00975. The first-order valence-corrected chi connectivity index (χ1v) is 10.9. The summed E-state index contributed by atoms with van der Waals surface area (Å²) in [5.41, 5.74) is 4.37. The van der Waals surface area contributed by atoms with E-state index in [1.807, 2.05) is 37.3 Å². The lowest BCUT2D eigenvalue weighted by Crippen LogP contribution is -2.23. The number of benzene rings is 3. The SMILES string of the molecule is Cc1cccc2c1C=C(C(=O)Nc1ccccc1C(=O)Nc1cccc(CCC(=O)O)c1)CO2. The molecule has 34 heavy (non-hydrogen) atoms. The summed E-state index contributed by atoms with van der Waals surface area (Å²) in [6, 6.07) is 19.5. The van der Waals surface area contributed by atoms with Gasteiger partial charge in [-0.05, 0) is 60.9 Å². The van der Waals surface area contributed by atoms with E-state index in [9.17, 15) is 14.4 Å². The van der Waals surface area contributed by atoms with Gasteiger partial charge < -0.3 is 20.5 Å². The number of amides is 2. The van der Waals surface area contributed by atoms with Crippen LogP contribution in [0, 0.1) is 6.92 Å². The van der Waals surface area contributed by atoms with Crippen LogP contribution in [-0.2, 0) is 16.0 Å². The van der Waals surface area contributed by atoms with E-state index < -0.39 is 5.97 Å². The van der Waals surface area contributed by atoms with E-state index in [0.29, 0.717) is 28.9 Å². The smallest absolute Gasteiger partial charge is 0.303 e. The van der Waals surface area contributed by atoms with Crippen molar-refractivity contribution in [1.82, 2.24) is 0 Å². The van der Waals surface area contributed by atoms with Gasteiger partial charge in [-0.25, -0.2) is 0 Å². The summed E-state index contributed by atoms with van der Waals surface area (Å²) in [5.74, 6) is -0.871. The molecule has 0 aromatic heterocycles. The van der Waals surface area contributed by atoms with Gasteiger partial charge in [-0.2, -0.15) is 0 Å². The summed E-state index contributed by atoms with van der Waals surface area (Å²) in [5, 5.41) is 14.5. The molecule has 3 N–H and O–H groups in total. The second kappa shape index (κ2) is 10.0. The molecular formula is C27H24N2O5. The summed E-state index contributed by atoms with van der Waals surface area (Å²) in [7, 11) is 0. The van der Waals surface area contributed by atoms with Gasteiger partial charge in [0.1, 0.15) is 12.4 Å².